The van der Waals surface area contributed by atoms with Crippen LogP contribution in [-0.2, 0) is 4.79 Å². The minimum Gasteiger partial charge on any atom is -0.338 e. The molecule has 174 valence electrons. The first-order chi connectivity index (χ1) is 15.8. The third kappa shape index (κ3) is 3.13. The van der Waals surface area contributed by atoms with Gasteiger partial charge in [0.05, 0.1) is 10.7 Å². The van der Waals surface area contributed by atoms with Gasteiger partial charge in [-0.15, -0.1) is 11.3 Å². The summed E-state index contributed by atoms with van der Waals surface area (Å²) >= 11 is 8.20. The van der Waals surface area contributed by atoms with Gasteiger partial charge in [0.2, 0.25) is 5.91 Å². The zero-order chi connectivity index (χ0) is 23.0. The number of benzene rings is 1. The monoisotopic (exact) mass is 480 g/mol. The molecule has 0 saturated heterocycles. The molecule has 7 atom stereocenters. The second-order valence-corrected chi connectivity index (χ2v) is 12.6. The SMILES string of the molecule is CN1C(=O)C=C[C@@]2(C)C1CC[C@@H]1[C@H]2CC[C@]2(C)C(c3csc(-c4ccccc4Cl)n3)CC[C@@H]12. The number of fused-ring (bicyclic) bond motifs is 5. The summed E-state index contributed by atoms with van der Waals surface area (Å²) in [6.07, 6.45) is 11.6. The van der Waals surface area contributed by atoms with Crippen LogP contribution in [0.1, 0.15) is 64.0 Å². The smallest absolute Gasteiger partial charge is 0.246 e. The Hall–Kier alpha value is -1.65. The van der Waals surface area contributed by atoms with E-state index < -0.39 is 0 Å². The zero-order valence-corrected chi connectivity index (χ0v) is 21.3. The molecule has 1 aliphatic heterocycles. The number of amides is 1. The van der Waals surface area contributed by atoms with Crippen LogP contribution in [0.3, 0.4) is 0 Å². The van der Waals surface area contributed by atoms with Crippen LogP contribution in [0.2, 0.25) is 5.02 Å². The lowest BCUT2D eigenvalue weighted by molar-refractivity contribution is -0.138. The number of halogens is 1. The van der Waals surface area contributed by atoms with Gasteiger partial charge in [-0.3, -0.25) is 4.79 Å². The Morgan fingerprint density at radius 3 is 2.73 bits per heavy atom. The fraction of sp³-hybridized carbons (Fsp3) is 0.571. The van der Waals surface area contributed by atoms with Gasteiger partial charge in [0.1, 0.15) is 5.01 Å². The van der Waals surface area contributed by atoms with Crippen LogP contribution < -0.4 is 0 Å². The highest BCUT2D eigenvalue weighted by Gasteiger charge is 2.60. The molecule has 5 heteroatoms. The van der Waals surface area contributed by atoms with E-state index in [9.17, 15) is 4.79 Å². The standard InChI is InChI=1S/C28H33ClN2OS/c1-27-14-12-20-17(8-11-24-28(20,2)15-13-25(32)31(24)3)19(27)9-10-21(27)23-16-33-26(30-23)18-6-4-5-7-22(18)29/h4-7,13,15-17,19-21,24H,8-12,14H2,1-3H3/t17-,19-,20+,21?,24?,27-,28+/m0/s1. The highest BCUT2D eigenvalue weighted by molar-refractivity contribution is 7.13. The molecule has 4 aliphatic rings. The van der Waals surface area contributed by atoms with Gasteiger partial charge in [0.25, 0.3) is 0 Å². The van der Waals surface area contributed by atoms with Crippen LogP contribution in [0.4, 0.5) is 0 Å². The fourth-order valence-electron chi connectivity index (χ4n) is 8.43. The number of thiazole rings is 1. The molecule has 2 unspecified atom stereocenters. The molecule has 1 aromatic carbocycles. The summed E-state index contributed by atoms with van der Waals surface area (Å²) in [6, 6.07) is 8.40. The summed E-state index contributed by atoms with van der Waals surface area (Å²) in [5.41, 5.74) is 2.76. The van der Waals surface area contributed by atoms with Crippen LogP contribution in [0.5, 0.6) is 0 Å². The normalized spacial score (nSPS) is 39.8. The van der Waals surface area contributed by atoms with E-state index in [1.807, 2.05) is 36.2 Å². The Labute approximate surface area is 206 Å². The topological polar surface area (TPSA) is 33.2 Å². The van der Waals surface area contributed by atoms with Crippen LogP contribution in [-0.4, -0.2) is 28.9 Å². The molecule has 0 bridgehead atoms. The van der Waals surface area contributed by atoms with E-state index in [-0.39, 0.29) is 11.3 Å². The maximum atomic E-state index is 12.3. The van der Waals surface area contributed by atoms with E-state index >= 15 is 0 Å². The van der Waals surface area contributed by atoms with Crippen molar-refractivity contribution >= 4 is 28.8 Å². The molecule has 0 spiro atoms. The number of rotatable bonds is 2. The summed E-state index contributed by atoms with van der Waals surface area (Å²) in [4.78, 5) is 19.5. The molecule has 0 N–H and O–H groups in total. The number of aromatic nitrogens is 1. The van der Waals surface area contributed by atoms with Crippen molar-refractivity contribution < 1.29 is 4.79 Å². The van der Waals surface area contributed by atoms with E-state index in [0.29, 0.717) is 23.3 Å². The third-order valence-electron chi connectivity index (χ3n) is 10.1. The Balaban J connectivity index is 1.29. The Morgan fingerprint density at radius 2 is 1.91 bits per heavy atom. The number of nitrogens with zero attached hydrogens (tertiary/aromatic N) is 2. The minimum absolute atomic E-state index is 0.114. The maximum Gasteiger partial charge on any atom is 0.246 e. The van der Waals surface area contributed by atoms with E-state index in [1.54, 1.807) is 11.3 Å². The summed E-state index contributed by atoms with van der Waals surface area (Å²) in [5.74, 6) is 2.89. The van der Waals surface area contributed by atoms with E-state index in [2.05, 4.69) is 31.4 Å². The molecule has 0 radical (unpaired) electrons. The van der Waals surface area contributed by atoms with Crippen LogP contribution in [0.25, 0.3) is 10.6 Å². The van der Waals surface area contributed by atoms with Gasteiger partial charge < -0.3 is 4.90 Å². The summed E-state index contributed by atoms with van der Waals surface area (Å²) in [5, 5.41) is 4.12. The molecule has 3 saturated carbocycles. The van der Waals surface area contributed by atoms with E-state index in [0.717, 1.165) is 33.9 Å². The number of carbonyl (C=O) groups is 1. The van der Waals surface area contributed by atoms with Gasteiger partial charge in [-0.25, -0.2) is 4.98 Å². The van der Waals surface area contributed by atoms with Gasteiger partial charge in [-0.05, 0) is 73.8 Å². The number of carbonyl (C=O) groups excluding carboxylic acids is 1. The number of hydrogen-bond acceptors (Lipinski definition) is 3. The van der Waals surface area contributed by atoms with Crippen molar-refractivity contribution in [3.8, 4) is 10.6 Å². The van der Waals surface area contributed by atoms with Gasteiger partial charge in [-0.2, -0.15) is 0 Å². The molecule has 2 aromatic rings. The molecular weight excluding hydrogens is 448 g/mol. The first kappa shape index (κ1) is 21.9. The lowest BCUT2D eigenvalue weighted by atomic mass is 9.47. The third-order valence-corrected chi connectivity index (χ3v) is 11.3. The first-order valence-electron chi connectivity index (χ1n) is 12.5. The highest BCUT2D eigenvalue weighted by Crippen LogP contribution is 2.67. The lowest BCUT2D eigenvalue weighted by Crippen LogP contribution is -2.59. The number of likely N-dealkylation sites (N-methyl/N-ethyl adjacent to an activating group) is 1. The molecule has 1 amide bonds. The largest absolute Gasteiger partial charge is 0.338 e. The van der Waals surface area contributed by atoms with Gasteiger partial charge in [-0.1, -0.05) is 49.7 Å². The van der Waals surface area contributed by atoms with Crippen molar-refractivity contribution in [2.75, 3.05) is 7.05 Å². The molecule has 3 nitrogen and oxygen atoms in total. The van der Waals surface area contributed by atoms with Gasteiger partial charge >= 0.3 is 0 Å². The number of hydrogen-bond donors (Lipinski definition) is 0. The highest BCUT2D eigenvalue weighted by atomic mass is 35.5. The predicted molar refractivity (Wildman–Crippen MR) is 135 cm³/mol. The van der Waals surface area contributed by atoms with Gasteiger partial charge in [0, 0.05) is 35.4 Å². The minimum atomic E-state index is 0.114. The summed E-state index contributed by atoms with van der Waals surface area (Å²) in [7, 11) is 2.01. The van der Waals surface area contributed by atoms with Gasteiger partial charge in [0.15, 0.2) is 0 Å². The second-order valence-electron chi connectivity index (χ2n) is 11.4. The molecule has 2 heterocycles. The molecule has 3 aliphatic carbocycles. The van der Waals surface area contributed by atoms with Crippen molar-refractivity contribution in [1.29, 1.82) is 0 Å². The average molecular weight is 481 g/mol. The van der Waals surface area contributed by atoms with Crippen molar-refractivity contribution in [3.63, 3.8) is 0 Å². The Morgan fingerprint density at radius 1 is 1.09 bits per heavy atom. The quantitative estimate of drug-likeness (QED) is 0.455. The summed E-state index contributed by atoms with van der Waals surface area (Å²) in [6.45, 7) is 4.99. The van der Waals surface area contributed by atoms with E-state index in [4.69, 9.17) is 16.6 Å². The lowest BCUT2D eigenvalue weighted by Gasteiger charge is -2.60. The first-order valence-corrected chi connectivity index (χ1v) is 13.7. The fourth-order valence-corrected chi connectivity index (χ4v) is 9.62. The second kappa shape index (κ2) is 7.68. The Bertz CT molecular complexity index is 1130. The Kier molecular flexibility index (Phi) is 5.09. The van der Waals surface area contributed by atoms with Crippen molar-refractivity contribution in [2.24, 2.45) is 28.6 Å². The zero-order valence-electron chi connectivity index (χ0n) is 19.8. The molecule has 1 aromatic heterocycles. The van der Waals surface area contributed by atoms with E-state index in [1.165, 1.54) is 37.8 Å². The van der Waals surface area contributed by atoms with Crippen LogP contribution in [0, 0.1) is 28.6 Å². The van der Waals surface area contributed by atoms with Crippen molar-refractivity contribution in [2.45, 2.75) is 64.3 Å². The molecule has 33 heavy (non-hydrogen) atoms. The predicted octanol–water partition coefficient (Wildman–Crippen LogP) is 7.19. The van der Waals surface area contributed by atoms with Crippen molar-refractivity contribution in [3.05, 3.63) is 52.5 Å². The molecule has 3 fully saturated rings. The van der Waals surface area contributed by atoms with Crippen molar-refractivity contribution in [1.82, 2.24) is 9.88 Å². The molecule has 6 rings (SSSR count). The molecular formula is C28H33ClN2OS. The maximum absolute atomic E-state index is 12.3. The average Bonchev–Trinajstić information content (AvgIpc) is 3.41. The van der Waals surface area contributed by atoms with Crippen LogP contribution in [0.15, 0.2) is 41.8 Å². The summed E-state index contributed by atoms with van der Waals surface area (Å²) < 4.78 is 0. The van der Waals surface area contributed by atoms with Crippen LogP contribution >= 0.6 is 22.9 Å².